The second-order valence-electron chi connectivity index (χ2n) is 5.86. The molecule has 0 saturated carbocycles. The molecule has 0 saturated heterocycles. The van der Waals surface area contributed by atoms with Crippen LogP contribution in [0.3, 0.4) is 0 Å². The van der Waals surface area contributed by atoms with E-state index in [4.69, 9.17) is 20.2 Å². The summed E-state index contributed by atoms with van der Waals surface area (Å²) in [5.41, 5.74) is 0.525. The van der Waals surface area contributed by atoms with E-state index in [9.17, 15) is 14.4 Å². The Hall–Kier alpha value is -3.54. The van der Waals surface area contributed by atoms with Crippen LogP contribution in [0.15, 0.2) is 36.4 Å². The van der Waals surface area contributed by atoms with E-state index in [0.717, 1.165) is 11.4 Å². The zero-order valence-corrected chi connectivity index (χ0v) is 15.4. The summed E-state index contributed by atoms with van der Waals surface area (Å²) in [6.45, 7) is 4.37. The number of amides is 1. The van der Waals surface area contributed by atoms with Gasteiger partial charge < -0.3 is 25.6 Å². The molecule has 4 N–H and O–H groups in total. The van der Waals surface area contributed by atoms with Gasteiger partial charge in [0.25, 0.3) is 0 Å². The summed E-state index contributed by atoms with van der Waals surface area (Å²) in [5.74, 6) is -1.98. The van der Waals surface area contributed by atoms with Crippen molar-refractivity contribution in [1.29, 1.82) is 5.26 Å². The molecular formula is C18H23N3O6. The first-order valence-corrected chi connectivity index (χ1v) is 7.79. The fourth-order valence-corrected chi connectivity index (χ4v) is 1.71. The zero-order valence-electron chi connectivity index (χ0n) is 15.4. The first kappa shape index (κ1) is 23.5. The standard InChI is InChI=1S/C14H19N3O2.C4H4O4/c1-14(2,17-13(18)8-9-15)10-16-11-4-6-12(19-3)7-5-11;5-3(6)1-2-4(7)8/h4-7,16H,8,10H2,1-3H3,(H,17,18);1-2H,(H,5,6)(H,7,8)/b;2-1+. The number of methoxy groups -OCH3 is 1. The van der Waals surface area contributed by atoms with E-state index in [1.165, 1.54) is 0 Å². The van der Waals surface area contributed by atoms with Gasteiger partial charge in [0.05, 0.1) is 18.7 Å². The van der Waals surface area contributed by atoms with Gasteiger partial charge in [-0.1, -0.05) is 0 Å². The molecule has 0 spiro atoms. The minimum absolute atomic E-state index is 0.119. The van der Waals surface area contributed by atoms with Crippen LogP contribution in [0.5, 0.6) is 5.75 Å². The fourth-order valence-electron chi connectivity index (χ4n) is 1.71. The largest absolute Gasteiger partial charge is 0.497 e. The molecule has 0 heterocycles. The van der Waals surface area contributed by atoms with E-state index >= 15 is 0 Å². The number of hydrogen-bond acceptors (Lipinski definition) is 6. The Morgan fingerprint density at radius 1 is 1.15 bits per heavy atom. The second kappa shape index (κ2) is 11.9. The number of carbonyl (C=O) groups is 3. The van der Waals surface area contributed by atoms with Crippen molar-refractivity contribution in [3.63, 3.8) is 0 Å². The number of rotatable bonds is 8. The SMILES string of the molecule is COc1ccc(NCC(C)(C)NC(=O)CC#N)cc1.O=C(O)/C=C/C(=O)O. The van der Waals surface area contributed by atoms with Gasteiger partial charge >= 0.3 is 11.9 Å². The number of ether oxygens (including phenoxy) is 1. The maximum absolute atomic E-state index is 11.4. The highest BCUT2D eigenvalue weighted by Gasteiger charge is 2.19. The Balaban J connectivity index is 0.000000713. The van der Waals surface area contributed by atoms with Gasteiger partial charge in [0, 0.05) is 24.4 Å². The summed E-state index contributed by atoms with van der Waals surface area (Å²) < 4.78 is 5.08. The molecule has 27 heavy (non-hydrogen) atoms. The maximum Gasteiger partial charge on any atom is 0.328 e. The Kier molecular flexibility index (Phi) is 10.4. The summed E-state index contributed by atoms with van der Waals surface area (Å²) >= 11 is 0. The van der Waals surface area contributed by atoms with Gasteiger partial charge in [-0.2, -0.15) is 5.26 Å². The number of anilines is 1. The van der Waals surface area contributed by atoms with Gasteiger partial charge in [0.1, 0.15) is 12.2 Å². The lowest BCUT2D eigenvalue weighted by Gasteiger charge is -2.26. The molecular weight excluding hydrogens is 354 g/mol. The molecule has 9 heteroatoms. The lowest BCUT2D eigenvalue weighted by Crippen LogP contribution is -2.48. The summed E-state index contributed by atoms with van der Waals surface area (Å²) in [5, 5.41) is 30.1. The van der Waals surface area contributed by atoms with E-state index < -0.39 is 17.5 Å². The predicted molar refractivity (Wildman–Crippen MR) is 98.3 cm³/mol. The molecule has 0 bridgehead atoms. The van der Waals surface area contributed by atoms with E-state index in [2.05, 4.69) is 10.6 Å². The zero-order chi connectivity index (χ0) is 20.9. The Morgan fingerprint density at radius 2 is 1.67 bits per heavy atom. The molecule has 0 aliphatic carbocycles. The third kappa shape index (κ3) is 12.5. The fraction of sp³-hybridized carbons (Fsp3) is 0.333. The topological polar surface area (TPSA) is 149 Å². The summed E-state index contributed by atoms with van der Waals surface area (Å²) in [6, 6.07) is 9.38. The van der Waals surface area contributed by atoms with Crippen molar-refractivity contribution >= 4 is 23.5 Å². The number of nitriles is 1. The lowest BCUT2D eigenvalue weighted by molar-refractivity contribution is -0.134. The summed E-state index contributed by atoms with van der Waals surface area (Å²) in [6.07, 6.45) is 0.997. The first-order valence-electron chi connectivity index (χ1n) is 7.79. The number of nitrogens with one attached hydrogen (secondary N) is 2. The van der Waals surface area contributed by atoms with Gasteiger partial charge in [-0.15, -0.1) is 0 Å². The minimum Gasteiger partial charge on any atom is -0.497 e. The molecule has 146 valence electrons. The highest BCUT2D eigenvalue weighted by atomic mass is 16.5. The van der Waals surface area contributed by atoms with E-state index in [0.29, 0.717) is 18.7 Å². The van der Waals surface area contributed by atoms with Gasteiger partial charge in [-0.25, -0.2) is 9.59 Å². The van der Waals surface area contributed by atoms with Crippen molar-refractivity contribution in [3.8, 4) is 11.8 Å². The van der Waals surface area contributed by atoms with Crippen LogP contribution in [0.25, 0.3) is 0 Å². The third-order valence-corrected chi connectivity index (χ3v) is 2.91. The van der Waals surface area contributed by atoms with Crippen molar-refractivity contribution < 1.29 is 29.3 Å². The van der Waals surface area contributed by atoms with E-state index in [1.54, 1.807) is 7.11 Å². The molecule has 0 fully saturated rings. The van der Waals surface area contributed by atoms with Crippen molar-refractivity contribution in [2.24, 2.45) is 0 Å². The Labute approximate surface area is 157 Å². The molecule has 1 amide bonds. The number of nitrogens with zero attached hydrogens (tertiary/aromatic N) is 1. The van der Waals surface area contributed by atoms with Crippen molar-refractivity contribution in [2.75, 3.05) is 19.0 Å². The van der Waals surface area contributed by atoms with Gasteiger partial charge in [0.2, 0.25) is 5.91 Å². The second-order valence-corrected chi connectivity index (χ2v) is 5.86. The van der Waals surface area contributed by atoms with Crippen molar-refractivity contribution in [3.05, 3.63) is 36.4 Å². The Bertz CT molecular complexity index is 689. The number of carboxylic acid groups (broad SMARTS) is 2. The Morgan fingerprint density at radius 3 is 2.07 bits per heavy atom. The minimum atomic E-state index is -1.26. The average molecular weight is 377 g/mol. The van der Waals surface area contributed by atoms with E-state index in [1.807, 2.05) is 44.2 Å². The van der Waals surface area contributed by atoms with Crippen LogP contribution in [0, 0.1) is 11.3 Å². The number of carboxylic acids is 2. The van der Waals surface area contributed by atoms with Crippen LogP contribution >= 0.6 is 0 Å². The highest BCUT2D eigenvalue weighted by Crippen LogP contribution is 2.15. The number of benzene rings is 1. The third-order valence-electron chi connectivity index (χ3n) is 2.91. The molecule has 0 aliphatic rings. The van der Waals surface area contributed by atoms with Crippen LogP contribution in [-0.2, 0) is 14.4 Å². The van der Waals surface area contributed by atoms with Crippen molar-refractivity contribution in [1.82, 2.24) is 5.32 Å². The molecule has 0 unspecified atom stereocenters. The average Bonchev–Trinajstić information content (AvgIpc) is 2.59. The number of carbonyl (C=O) groups excluding carboxylic acids is 1. The quantitative estimate of drug-likeness (QED) is 0.499. The predicted octanol–water partition coefficient (Wildman–Crippen LogP) is 1.63. The van der Waals surface area contributed by atoms with Crippen LogP contribution in [0.1, 0.15) is 20.3 Å². The first-order chi connectivity index (χ1) is 12.6. The van der Waals surface area contributed by atoms with Crippen LogP contribution in [0.2, 0.25) is 0 Å². The highest BCUT2D eigenvalue weighted by molar-refractivity contribution is 5.89. The summed E-state index contributed by atoms with van der Waals surface area (Å²) in [4.78, 5) is 30.5. The molecule has 1 aromatic rings. The van der Waals surface area contributed by atoms with Gasteiger partial charge in [-0.05, 0) is 38.1 Å². The molecule has 0 aliphatic heterocycles. The summed E-state index contributed by atoms with van der Waals surface area (Å²) in [7, 11) is 1.62. The molecule has 9 nitrogen and oxygen atoms in total. The van der Waals surface area contributed by atoms with Crippen LogP contribution in [0.4, 0.5) is 5.69 Å². The molecule has 0 atom stereocenters. The number of hydrogen-bond donors (Lipinski definition) is 4. The van der Waals surface area contributed by atoms with E-state index in [-0.39, 0.29) is 12.3 Å². The molecule has 0 radical (unpaired) electrons. The van der Waals surface area contributed by atoms with Crippen LogP contribution < -0.4 is 15.4 Å². The molecule has 1 rings (SSSR count). The van der Waals surface area contributed by atoms with Crippen LogP contribution in [-0.4, -0.2) is 47.3 Å². The monoisotopic (exact) mass is 377 g/mol. The maximum atomic E-state index is 11.4. The lowest BCUT2D eigenvalue weighted by atomic mass is 10.1. The van der Waals surface area contributed by atoms with Gasteiger partial charge in [0.15, 0.2) is 0 Å². The smallest absolute Gasteiger partial charge is 0.328 e. The van der Waals surface area contributed by atoms with Gasteiger partial charge in [-0.3, -0.25) is 4.79 Å². The normalized spacial score (nSPS) is 10.1. The molecule has 0 aromatic heterocycles. The van der Waals surface area contributed by atoms with Crippen molar-refractivity contribution in [2.45, 2.75) is 25.8 Å². The number of aliphatic carboxylic acids is 2. The molecule has 1 aromatic carbocycles.